The van der Waals surface area contributed by atoms with Crippen molar-refractivity contribution < 1.29 is 9.53 Å². The summed E-state index contributed by atoms with van der Waals surface area (Å²) >= 11 is 0. The first-order valence-corrected chi connectivity index (χ1v) is 10.3. The molecule has 2 aliphatic heterocycles. The number of amides is 1. The standard InChI is InChI=1S/C21H30N4O2/c1-3-24(4-2)16-9-14-27-21(15-16)10-12-25(13-11-21)20(26)19-17-7-5-6-8-18(17)22-23-19/h5-8,16H,3-4,9-15H2,1-2H3,(H,22,23). The minimum Gasteiger partial charge on any atom is -0.375 e. The molecule has 1 aromatic carbocycles. The Balaban J connectivity index is 1.43. The van der Waals surface area contributed by atoms with E-state index < -0.39 is 0 Å². The molecule has 1 unspecified atom stereocenters. The third-order valence-electron chi connectivity index (χ3n) is 6.43. The summed E-state index contributed by atoms with van der Waals surface area (Å²) in [5.74, 6) is 0.0263. The maximum Gasteiger partial charge on any atom is 0.274 e. The van der Waals surface area contributed by atoms with Crippen LogP contribution in [0.25, 0.3) is 10.9 Å². The van der Waals surface area contributed by atoms with Crippen molar-refractivity contribution in [2.75, 3.05) is 32.8 Å². The summed E-state index contributed by atoms with van der Waals surface area (Å²) in [6, 6.07) is 8.41. The lowest BCUT2D eigenvalue weighted by Gasteiger charge is -2.48. The maximum absolute atomic E-state index is 13.0. The molecule has 6 heteroatoms. The third-order valence-corrected chi connectivity index (χ3v) is 6.43. The van der Waals surface area contributed by atoms with Crippen molar-refractivity contribution in [3.8, 4) is 0 Å². The van der Waals surface area contributed by atoms with E-state index in [1.54, 1.807) is 0 Å². The lowest BCUT2D eigenvalue weighted by atomic mass is 9.81. The summed E-state index contributed by atoms with van der Waals surface area (Å²) in [6.45, 7) is 8.97. The number of ether oxygens (including phenoxy) is 1. The van der Waals surface area contributed by atoms with Crippen LogP contribution in [0, 0.1) is 0 Å². The van der Waals surface area contributed by atoms with Crippen LogP contribution in [0.15, 0.2) is 24.3 Å². The number of H-pyrrole nitrogens is 1. The molecule has 4 rings (SSSR count). The molecule has 3 heterocycles. The van der Waals surface area contributed by atoms with Gasteiger partial charge in [-0.05, 0) is 44.8 Å². The fourth-order valence-corrected chi connectivity index (χ4v) is 4.80. The van der Waals surface area contributed by atoms with Gasteiger partial charge in [0.25, 0.3) is 5.91 Å². The number of nitrogens with zero attached hydrogens (tertiary/aromatic N) is 3. The lowest BCUT2D eigenvalue weighted by Crippen LogP contribution is -2.54. The first-order valence-electron chi connectivity index (χ1n) is 10.3. The summed E-state index contributed by atoms with van der Waals surface area (Å²) in [5.41, 5.74) is 1.38. The van der Waals surface area contributed by atoms with Crippen LogP contribution in [-0.2, 0) is 4.74 Å². The van der Waals surface area contributed by atoms with E-state index in [1.807, 2.05) is 29.2 Å². The molecular formula is C21H30N4O2. The highest BCUT2D eigenvalue weighted by Crippen LogP contribution is 2.37. The second kappa shape index (κ2) is 7.60. The SMILES string of the molecule is CCN(CC)C1CCOC2(CCN(C(=O)c3n[nH]c4ccccc34)CC2)C1. The Labute approximate surface area is 160 Å². The van der Waals surface area contributed by atoms with Crippen molar-refractivity contribution in [3.05, 3.63) is 30.0 Å². The van der Waals surface area contributed by atoms with Gasteiger partial charge in [-0.1, -0.05) is 32.0 Å². The van der Waals surface area contributed by atoms with Gasteiger partial charge in [0.15, 0.2) is 5.69 Å². The molecule has 0 aliphatic carbocycles. The number of fused-ring (bicyclic) bond motifs is 1. The third kappa shape index (κ3) is 3.48. The number of benzene rings is 1. The number of para-hydroxylation sites is 1. The Kier molecular flexibility index (Phi) is 5.19. The Morgan fingerprint density at radius 1 is 1.30 bits per heavy atom. The van der Waals surface area contributed by atoms with Gasteiger partial charge >= 0.3 is 0 Å². The van der Waals surface area contributed by atoms with E-state index in [1.165, 1.54) is 0 Å². The minimum atomic E-state index is -0.0596. The van der Waals surface area contributed by atoms with Crippen LogP contribution >= 0.6 is 0 Å². The van der Waals surface area contributed by atoms with Crippen molar-refractivity contribution in [3.63, 3.8) is 0 Å². The van der Waals surface area contributed by atoms with E-state index in [0.29, 0.717) is 11.7 Å². The second-order valence-electron chi connectivity index (χ2n) is 7.81. The number of rotatable bonds is 4. The quantitative estimate of drug-likeness (QED) is 0.899. The van der Waals surface area contributed by atoms with Gasteiger partial charge in [0.1, 0.15) is 0 Å². The zero-order valence-electron chi connectivity index (χ0n) is 16.4. The Hall–Kier alpha value is -1.92. The zero-order valence-corrected chi connectivity index (χ0v) is 16.4. The fraction of sp³-hybridized carbons (Fsp3) is 0.619. The van der Waals surface area contributed by atoms with Crippen molar-refractivity contribution in [2.24, 2.45) is 0 Å². The topological polar surface area (TPSA) is 61.5 Å². The molecule has 2 aromatic rings. The average Bonchev–Trinajstić information content (AvgIpc) is 3.13. The molecule has 0 saturated carbocycles. The van der Waals surface area contributed by atoms with Crippen LogP contribution in [0.4, 0.5) is 0 Å². The van der Waals surface area contributed by atoms with Crippen LogP contribution in [0.3, 0.4) is 0 Å². The smallest absolute Gasteiger partial charge is 0.274 e. The van der Waals surface area contributed by atoms with E-state index in [-0.39, 0.29) is 11.5 Å². The second-order valence-corrected chi connectivity index (χ2v) is 7.81. The molecule has 1 N–H and O–H groups in total. The fourth-order valence-electron chi connectivity index (χ4n) is 4.80. The van der Waals surface area contributed by atoms with Gasteiger partial charge in [-0.15, -0.1) is 0 Å². The maximum atomic E-state index is 13.0. The number of carbonyl (C=O) groups excluding carboxylic acids is 1. The number of aromatic amines is 1. The van der Waals surface area contributed by atoms with E-state index in [9.17, 15) is 4.79 Å². The molecule has 0 radical (unpaired) electrons. The number of likely N-dealkylation sites (tertiary alicyclic amines) is 1. The van der Waals surface area contributed by atoms with Gasteiger partial charge in [0.05, 0.1) is 11.1 Å². The van der Waals surface area contributed by atoms with Crippen molar-refractivity contribution in [2.45, 2.75) is 51.2 Å². The molecule has 2 fully saturated rings. The predicted molar refractivity (Wildman–Crippen MR) is 106 cm³/mol. The monoisotopic (exact) mass is 370 g/mol. The highest BCUT2D eigenvalue weighted by molar-refractivity contribution is 6.04. The van der Waals surface area contributed by atoms with Gasteiger partial charge < -0.3 is 14.5 Å². The first-order chi connectivity index (χ1) is 13.2. The van der Waals surface area contributed by atoms with Gasteiger partial charge in [-0.3, -0.25) is 9.89 Å². The molecule has 0 bridgehead atoms. The molecule has 2 aliphatic rings. The van der Waals surface area contributed by atoms with Crippen LogP contribution in [-0.4, -0.2) is 70.3 Å². The first kappa shape index (κ1) is 18.4. The number of carbonyl (C=O) groups is 1. The molecule has 27 heavy (non-hydrogen) atoms. The highest BCUT2D eigenvalue weighted by Gasteiger charge is 2.42. The van der Waals surface area contributed by atoms with Gasteiger partial charge in [-0.2, -0.15) is 5.10 Å². The van der Waals surface area contributed by atoms with Crippen molar-refractivity contribution in [1.82, 2.24) is 20.0 Å². The highest BCUT2D eigenvalue weighted by atomic mass is 16.5. The summed E-state index contributed by atoms with van der Waals surface area (Å²) in [6.07, 6.45) is 4.03. The van der Waals surface area contributed by atoms with Crippen LogP contribution in [0.1, 0.15) is 50.0 Å². The summed E-state index contributed by atoms with van der Waals surface area (Å²) < 4.78 is 6.28. The number of piperidine rings is 1. The van der Waals surface area contributed by atoms with Crippen molar-refractivity contribution in [1.29, 1.82) is 0 Å². The van der Waals surface area contributed by atoms with Crippen LogP contribution in [0.2, 0.25) is 0 Å². The number of hydrogen-bond acceptors (Lipinski definition) is 4. The predicted octanol–water partition coefficient (Wildman–Crippen LogP) is 3.06. The van der Waals surface area contributed by atoms with E-state index in [0.717, 1.165) is 69.4 Å². The molecule has 1 aromatic heterocycles. The molecule has 6 nitrogen and oxygen atoms in total. The van der Waals surface area contributed by atoms with Gasteiger partial charge in [0, 0.05) is 31.1 Å². The summed E-state index contributed by atoms with van der Waals surface area (Å²) in [4.78, 5) is 17.5. The van der Waals surface area contributed by atoms with Crippen LogP contribution in [0.5, 0.6) is 0 Å². The largest absolute Gasteiger partial charge is 0.375 e. The molecule has 1 atom stereocenters. The molecule has 1 amide bonds. The van der Waals surface area contributed by atoms with Crippen LogP contribution < -0.4 is 0 Å². The van der Waals surface area contributed by atoms with Crippen molar-refractivity contribution >= 4 is 16.8 Å². The zero-order chi connectivity index (χ0) is 18.9. The average molecular weight is 370 g/mol. The van der Waals surface area contributed by atoms with E-state index >= 15 is 0 Å². The molecular weight excluding hydrogens is 340 g/mol. The molecule has 2 saturated heterocycles. The number of hydrogen-bond donors (Lipinski definition) is 1. The number of nitrogens with one attached hydrogen (secondary N) is 1. The normalized spacial score (nSPS) is 22.6. The van der Waals surface area contributed by atoms with E-state index in [4.69, 9.17) is 4.74 Å². The Morgan fingerprint density at radius 3 is 2.78 bits per heavy atom. The van der Waals surface area contributed by atoms with Gasteiger partial charge in [-0.25, -0.2) is 0 Å². The molecule has 146 valence electrons. The Bertz CT molecular complexity index is 790. The van der Waals surface area contributed by atoms with Gasteiger partial charge in [0.2, 0.25) is 0 Å². The lowest BCUT2D eigenvalue weighted by molar-refractivity contribution is -0.129. The van der Waals surface area contributed by atoms with E-state index in [2.05, 4.69) is 28.9 Å². The Morgan fingerprint density at radius 2 is 2.04 bits per heavy atom. The summed E-state index contributed by atoms with van der Waals surface area (Å²) in [7, 11) is 0. The molecule has 1 spiro atoms. The summed E-state index contributed by atoms with van der Waals surface area (Å²) in [5, 5.41) is 8.15. The minimum absolute atomic E-state index is 0.0263. The number of aromatic nitrogens is 2.